The predicted octanol–water partition coefficient (Wildman–Crippen LogP) is 1.55. The van der Waals surface area contributed by atoms with Gasteiger partial charge in [-0.05, 0) is 30.5 Å². The van der Waals surface area contributed by atoms with Gasteiger partial charge in [0.15, 0.2) is 11.5 Å². The van der Waals surface area contributed by atoms with Gasteiger partial charge in [-0.3, -0.25) is 14.5 Å². The van der Waals surface area contributed by atoms with Crippen molar-refractivity contribution in [2.24, 2.45) is 11.8 Å². The van der Waals surface area contributed by atoms with Crippen molar-refractivity contribution in [1.29, 1.82) is 0 Å². The molecule has 0 bridgehead atoms. The Morgan fingerprint density at radius 1 is 1.03 bits per heavy atom. The number of urea groups is 1. The van der Waals surface area contributed by atoms with E-state index in [1.165, 1.54) is 4.90 Å². The largest absolute Gasteiger partial charge is 0.493 e. The Morgan fingerprint density at radius 2 is 1.66 bits per heavy atom. The van der Waals surface area contributed by atoms with Gasteiger partial charge >= 0.3 is 6.03 Å². The number of nitrogens with zero attached hydrogens (tertiary/aromatic N) is 2. The van der Waals surface area contributed by atoms with Gasteiger partial charge in [0, 0.05) is 19.6 Å². The fraction of sp³-hybridized carbons (Fsp3) is 0.476. The van der Waals surface area contributed by atoms with Gasteiger partial charge in [0.1, 0.15) is 0 Å². The topological polar surface area (TPSA) is 88.2 Å². The maximum Gasteiger partial charge on any atom is 0.317 e. The van der Waals surface area contributed by atoms with E-state index < -0.39 is 0 Å². The number of methoxy groups -OCH3 is 2. The van der Waals surface area contributed by atoms with Gasteiger partial charge in [-0.25, -0.2) is 4.79 Å². The zero-order valence-electron chi connectivity index (χ0n) is 16.6. The predicted molar refractivity (Wildman–Crippen MR) is 104 cm³/mol. The molecule has 29 heavy (non-hydrogen) atoms. The van der Waals surface area contributed by atoms with Crippen LogP contribution in [0, 0.1) is 11.8 Å². The van der Waals surface area contributed by atoms with Gasteiger partial charge in [-0.15, -0.1) is 0 Å². The summed E-state index contributed by atoms with van der Waals surface area (Å²) in [6, 6.07) is 5.04. The quantitative estimate of drug-likeness (QED) is 0.600. The molecule has 2 aliphatic heterocycles. The van der Waals surface area contributed by atoms with Gasteiger partial charge in [-0.1, -0.05) is 18.2 Å². The van der Waals surface area contributed by atoms with E-state index in [1.54, 1.807) is 25.2 Å². The molecule has 1 aromatic carbocycles. The van der Waals surface area contributed by atoms with E-state index >= 15 is 0 Å². The Hall–Kier alpha value is -3.03. The first kappa shape index (κ1) is 19.3. The third-order valence-electron chi connectivity index (χ3n) is 5.95. The lowest BCUT2D eigenvalue weighted by atomic mass is 9.85. The summed E-state index contributed by atoms with van der Waals surface area (Å²) in [4.78, 5) is 40.7. The number of rotatable bonds is 5. The van der Waals surface area contributed by atoms with Crippen molar-refractivity contribution in [2.45, 2.75) is 25.4 Å². The van der Waals surface area contributed by atoms with Crippen LogP contribution in [0.2, 0.25) is 0 Å². The number of ether oxygens (including phenoxy) is 2. The van der Waals surface area contributed by atoms with Crippen LogP contribution in [0.15, 0.2) is 30.4 Å². The summed E-state index contributed by atoms with van der Waals surface area (Å²) in [5.41, 5.74) is 0.884. The third kappa shape index (κ3) is 3.43. The van der Waals surface area contributed by atoms with E-state index in [2.05, 4.69) is 5.32 Å². The first-order valence-electron chi connectivity index (χ1n) is 9.79. The highest BCUT2D eigenvalue weighted by atomic mass is 16.5. The Bertz CT molecular complexity index is 836. The van der Waals surface area contributed by atoms with E-state index in [0.29, 0.717) is 44.0 Å². The van der Waals surface area contributed by atoms with E-state index in [-0.39, 0.29) is 35.7 Å². The summed E-state index contributed by atoms with van der Waals surface area (Å²) in [7, 11) is 3.13. The second-order valence-corrected chi connectivity index (χ2v) is 7.61. The Morgan fingerprint density at radius 3 is 2.24 bits per heavy atom. The number of amides is 4. The zero-order valence-corrected chi connectivity index (χ0v) is 16.6. The molecule has 2 unspecified atom stereocenters. The summed E-state index contributed by atoms with van der Waals surface area (Å²) in [5.74, 6) is 0.620. The lowest BCUT2D eigenvalue weighted by Gasteiger charge is -2.43. The number of fused-ring (bicyclic) bond motifs is 1. The van der Waals surface area contributed by atoms with Crippen LogP contribution in [-0.2, 0) is 16.1 Å². The van der Waals surface area contributed by atoms with E-state index in [1.807, 2.05) is 24.3 Å². The molecule has 2 saturated heterocycles. The standard InChI is InChI=1S/C21H25N3O5/c1-28-17-8-7-13(9-18(17)29-2)10-22-21(27)23-11-14(12-23)24-19(25)15-5-3-4-6-16(15)20(24)26/h3-4,7-9,14-16H,5-6,10-12H2,1-2H3,(H,22,27). The summed E-state index contributed by atoms with van der Waals surface area (Å²) in [6.45, 7) is 1.10. The second-order valence-electron chi connectivity index (χ2n) is 7.61. The number of hydrogen-bond acceptors (Lipinski definition) is 5. The molecule has 8 heteroatoms. The number of carbonyl (C=O) groups is 3. The van der Waals surface area contributed by atoms with Crippen LogP contribution >= 0.6 is 0 Å². The Kier molecular flexibility index (Phi) is 5.17. The number of allylic oxidation sites excluding steroid dienone is 2. The molecule has 0 radical (unpaired) electrons. The number of imide groups is 1. The van der Waals surface area contributed by atoms with E-state index in [0.717, 1.165) is 5.56 Å². The minimum Gasteiger partial charge on any atom is -0.493 e. The van der Waals surface area contributed by atoms with Crippen molar-refractivity contribution >= 4 is 17.8 Å². The Balaban J connectivity index is 1.30. The Labute approximate surface area is 169 Å². The molecule has 3 aliphatic rings. The molecule has 1 N–H and O–H groups in total. The van der Waals surface area contributed by atoms with Crippen molar-refractivity contribution in [3.05, 3.63) is 35.9 Å². The van der Waals surface area contributed by atoms with Crippen LogP contribution in [0.1, 0.15) is 18.4 Å². The minimum atomic E-state index is -0.222. The van der Waals surface area contributed by atoms with Gasteiger partial charge in [0.05, 0.1) is 32.1 Å². The van der Waals surface area contributed by atoms with Crippen molar-refractivity contribution in [1.82, 2.24) is 15.1 Å². The van der Waals surface area contributed by atoms with Crippen molar-refractivity contribution < 1.29 is 23.9 Å². The van der Waals surface area contributed by atoms with Crippen molar-refractivity contribution in [2.75, 3.05) is 27.3 Å². The number of hydrogen-bond donors (Lipinski definition) is 1. The van der Waals surface area contributed by atoms with Crippen LogP contribution in [0.3, 0.4) is 0 Å². The zero-order chi connectivity index (χ0) is 20.5. The first-order chi connectivity index (χ1) is 14.0. The van der Waals surface area contributed by atoms with E-state index in [4.69, 9.17) is 9.47 Å². The highest BCUT2D eigenvalue weighted by Gasteiger charge is 2.52. The van der Waals surface area contributed by atoms with Crippen molar-refractivity contribution in [3.63, 3.8) is 0 Å². The lowest BCUT2D eigenvalue weighted by molar-refractivity contribution is -0.145. The maximum atomic E-state index is 12.6. The molecule has 4 amide bonds. The average Bonchev–Trinajstić information content (AvgIpc) is 2.96. The number of carbonyl (C=O) groups excluding carboxylic acids is 3. The molecule has 0 spiro atoms. The van der Waals surface area contributed by atoms with E-state index in [9.17, 15) is 14.4 Å². The van der Waals surface area contributed by atoms with Crippen LogP contribution in [0.25, 0.3) is 0 Å². The molecular formula is C21H25N3O5. The average molecular weight is 399 g/mol. The van der Waals surface area contributed by atoms with Crippen LogP contribution in [0.4, 0.5) is 4.79 Å². The number of benzene rings is 1. The highest BCUT2D eigenvalue weighted by molar-refractivity contribution is 6.06. The smallest absolute Gasteiger partial charge is 0.317 e. The van der Waals surface area contributed by atoms with Gasteiger partial charge in [-0.2, -0.15) is 0 Å². The summed E-state index contributed by atoms with van der Waals surface area (Å²) in [6.07, 6.45) is 5.22. The molecule has 2 fully saturated rings. The SMILES string of the molecule is COc1ccc(CNC(=O)N2CC(N3C(=O)C4CC=CCC4C3=O)C2)cc1OC. The molecule has 2 heterocycles. The minimum absolute atomic E-state index is 0.0836. The fourth-order valence-electron chi connectivity index (χ4n) is 4.25. The maximum absolute atomic E-state index is 12.6. The summed E-state index contributed by atoms with van der Waals surface area (Å²) < 4.78 is 10.5. The molecule has 0 aromatic heterocycles. The molecule has 2 atom stereocenters. The molecule has 8 nitrogen and oxygen atoms in total. The molecule has 1 aliphatic carbocycles. The fourth-order valence-corrected chi connectivity index (χ4v) is 4.25. The number of nitrogens with one attached hydrogen (secondary N) is 1. The van der Waals surface area contributed by atoms with Crippen molar-refractivity contribution in [3.8, 4) is 11.5 Å². The van der Waals surface area contributed by atoms with Gasteiger partial charge < -0.3 is 19.7 Å². The first-order valence-corrected chi connectivity index (χ1v) is 9.79. The van der Waals surface area contributed by atoms with Gasteiger partial charge in [0.25, 0.3) is 0 Å². The molecular weight excluding hydrogens is 374 g/mol. The lowest BCUT2D eigenvalue weighted by Crippen LogP contribution is -2.64. The van der Waals surface area contributed by atoms with Crippen LogP contribution < -0.4 is 14.8 Å². The monoisotopic (exact) mass is 399 g/mol. The summed E-state index contributed by atoms with van der Waals surface area (Å²) >= 11 is 0. The summed E-state index contributed by atoms with van der Waals surface area (Å²) in [5, 5.41) is 2.87. The second kappa shape index (κ2) is 7.77. The third-order valence-corrected chi connectivity index (χ3v) is 5.95. The number of likely N-dealkylation sites (tertiary alicyclic amines) is 2. The van der Waals surface area contributed by atoms with Crippen LogP contribution in [0.5, 0.6) is 11.5 Å². The highest BCUT2D eigenvalue weighted by Crippen LogP contribution is 2.37. The molecule has 4 rings (SSSR count). The molecule has 1 aromatic rings. The normalized spacial score (nSPS) is 23.7. The van der Waals surface area contributed by atoms with Crippen LogP contribution in [-0.4, -0.2) is 61.0 Å². The van der Waals surface area contributed by atoms with Gasteiger partial charge in [0.2, 0.25) is 11.8 Å². The molecule has 0 saturated carbocycles. The molecule has 154 valence electrons.